The van der Waals surface area contributed by atoms with Crippen LogP contribution in [-0.2, 0) is 19.1 Å². The molecule has 3 heterocycles. The first kappa shape index (κ1) is 28.2. The van der Waals surface area contributed by atoms with Gasteiger partial charge in [-0.05, 0) is 54.2 Å². The van der Waals surface area contributed by atoms with Crippen molar-refractivity contribution in [3.8, 4) is 11.5 Å². The molecule has 1 fully saturated rings. The van der Waals surface area contributed by atoms with Gasteiger partial charge in [0, 0.05) is 35.9 Å². The third kappa shape index (κ3) is 6.05. The van der Waals surface area contributed by atoms with Gasteiger partial charge in [0.15, 0.2) is 11.5 Å². The minimum Gasteiger partial charge on any atom is -0.486 e. The van der Waals surface area contributed by atoms with Crippen LogP contribution in [-0.4, -0.2) is 66.7 Å². The van der Waals surface area contributed by atoms with E-state index in [1.165, 1.54) is 0 Å². The molecule has 0 spiro atoms. The standard InChI is InChI=1S/C30H35ClN2O7/c1-30(2,3)17-33-22-6-5-20(31)15-21(22)27(19-4-7-23-24(14-19)39-13-12-38-23)40-25(28(33)35)16-26(34)32-10-8-18(9-11-32)29(36)37/h4-7,14-15,18,25,27H,8-13,16-17H2,1-3H3,(H,36,37)/t25-,27-/m0/s1. The van der Waals surface area contributed by atoms with Crippen LogP contribution in [0.15, 0.2) is 36.4 Å². The summed E-state index contributed by atoms with van der Waals surface area (Å²) in [5, 5.41) is 9.83. The number of hydrogen-bond donors (Lipinski definition) is 1. The predicted molar refractivity (Wildman–Crippen MR) is 149 cm³/mol. The second kappa shape index (κ2) is 11.3. The zero-order valence-electron chi connectivity index (χ0n) is 23.0. The molecule has 1 N–H and O–H groups in total. The maximum Gasteiger partial charge on any atom is 0.306 e. The smallest absolute Gasteiger partial charge is 0.306 e. The molecule has 10 heteroatoms. The van der Waals surface area contributed by atoms with Gasteiger partial charge in [-0.1, -0.05) is 38.4 Å². The van der Waals surface area contributed by atoms with E-state index >= 15 is 0 Å². The van der Waals surface area contributed by atoms with E-state index in [9.17, 15) is 19.5 Å². The molecule has 0 bridgehead atoms. The van der Waals surface area contributed by atoms with Gasteiger partial charge in [-0.15, -0.1) is 0 Å². The highest BCUT2D eigenvalue weighted by Gasteiger charge is 2.40. The third-order valence-corrected chi connectivity index (χ3v) is 7.70. The molecule has 2 aromatic rings. The Morgan fingerprint density at radius 3 is 2.40 bits per heavy atom. The Morgan fingerprint density at radius 2 is 1.73 bits per heavy atom. The fourth-order valence-electron chi connectivity index (χ4n) is 5.49. The molecule has 40 heavy (non-hydrogen) atoms. The molecule has 5 rings (SSSR count). The van der Waals surface area contributed by atoms with Crippen LogP contribution in [0.5, 0.6) is 11.5 Å². The van der Waals surface area contributed by atoms with Crippen LogP contribution >= 0.6 is 11.6 Å². The SMILES string of the molecule is CC(C)(C)CN1C(=O)[C@H](CC(=O)N2CCC(C(=O)O)CC2)O[C@@H](c2ccc3c(c2)OCCO3)c2cc(Cl)ccc21. The number of fused-ring (bicyclic) bond motifs is 2. The average Bonchev–Trinajstić information content (AvgIpc) is 3.02. The number of nitrogens with zero attached hydrogens (tertiary/aromatic N) is 2. The lowest BCUT2D eigenvalue weighted by Gasteiger charge is -2.33. The van der Waals surface area contributed by atoms with Crippen LogP contribution < -0.4 is 14.4 Å². The number of piperidine rings is 1. The molecule has 2 aromatic carbocycles. The fourth-order valence-corrected chi connectivity index (χ4v) is 5.67. The van der Waals surface area contributed by atoms with Gasteiger partial charge in [0.25, 0.3) is 5.91 Å². The summed E-state index contributed by atoms with van der Waals surface area (Å²) < 4.78 is 18.1. The summed E-state index contributed by atoms with van der Waals surface area (Å²) in [6.45, 7) is 8.12. The number of benzene rings is 2. The summed E-state index contributed by atoms with van der Waals surface area (Å²) in [6, 6.07) is 10.9. The van der Waals surface area contributed by atoms with Crippen LogP contribution in [0.3, 0.4) is 0 Å². The quantitative estimate of drug-likeness (QED) is 0.556. The zero-order chi connectivity index (χ0) is 28.6. The molecule has 1 saturated heterocycles. The molecule has 0 saturated carbocycles. The highest BCUT2D eigenvalue weighted by molar-refractivity contribution is 6.30. The normalized spacial score (nSPS) is 21.6. The first-order valence-electron chi connectivity index (χ1n) is 13.7. The Morgan fingerprint density at radius 1 is 1.02 bits per heavy atom. The summed E-state index contributed by atoms with van der Waals surface area (Å²) >= 11 is 6.47. The number of carbonyl (C=O) groups is 3. The van der Waals surface area contributed by atoms with Crippen molar-refractivity contribution in [2.45, 2.75) is 52.2 Å². The molecular formula is C30H35ClN2O7. The van der Waals surface area contributed by atoms with Gasteiger partial charge in [-0.3, -0.25) is 14.4 Å². The number of aliphatic carboxylic acids is 1. The third-order valence-electron chi connectivity index (χ3n) is 7.46. The van der Waals surface area contributed by atoms with Crippen LogP contribution in [0, 0.1) is 11.3 Å². The molecule has 2 amide bonds. The Bertz CT molecular complexity index is 1300. The Kier molecular flexibility index (Phi) is 7.97. The molecule has 2 atom stereocenters. The lowest BCUT2D eigenvalue weighted by Crippen LogP contribution is -2.47. The summed E-state index contributed by atoms with van der Waals surface area (Å²) in [5.74, 6) is -0.606. The Hall–Kier alpha value is -3.30. The molecule has 214 valence electrons. The van der Waals surface area contributed by atoms with E-state index in [1.807, 2.05) is 51.1 Å². The van der Waals surface area contributed by atoms with Crippen molar-refractivity contribution in [1.82, 2.24) is 4.90 Å². The molecule has 3 aliphatic heterocycles. The zero-order valence-corrected chi connectivity index (χ0v) is 23.8. The van der Waals surface area contributed by atoms with Gasteiger partial charge in [0.1, 0.15) is 25.4 Å². The van der Waals surface area contributed by atoms with E-state index in [0.717, 1.165) is 11.1 Å². The number of anilines is 1. The molecule has 0 unspecified atom stereocenters. The van der Waals surface area contributed by atoms with Crippen molar-refractivity contribution in [1.29, 1.82) is 0 Å². The number of carbonyl (C=O) groups excluding carboxylic acids is 2. The molecule has 0 aliphatic carbocycles. The van der Waals surface area contributed by atoms with Crippen LogP contribution in [0.1, 0.15) is 57.3 Å². The minimum absolute atomic E-state index is 0.153. The van der Waals surface area contributed by atoms with Crippen molar-refractivity contribution < 1.29 is 33.7 Å². The number of likely N-dealkylation sites (tertiary alicyclic amines) is 1. The van der Waals surface area contributed by atoms with Gasteiger partial charge in [-0.2, -0.15) is 0 Å². The lowest BCUT2D eigenvalue weighted by molar-refractivity contribution is -0.148. The minimum atomic E-state index is -1.06. The maximum absolute atomic E-state index is 14.1. The first-order chi connectivity index (χ1) is 19.0. The van der Waals surface area contributed by atoms with Crippen molar-refractivity contribution in [3.05, 3.63) is 52.5 Å². The number of hydrogen-bond acceptors (Lipinski definition) is 6. The fraction of sp³-hybridized carbons (Fsp3) is 0.500. The predicted octanol–water partition coefficient (Wildman–Crippen LogP) is 4.69. The Labute approximate surface area is 238 Å². The number of carboxylic acids is 1. The summed E-state index contributed by atoms with van der Waals surface area (Å²) in [7, 11) is 0. The summed E-state index contributed by atoms with van der Waals surface area (Å²) in [5.41, 5.74) is 1.91. The Balaban J connectivity index is 1.51. The van der Waals surface area contributed by atoms with Crippen LogP contribution in [0.25, 0.3) is 0 Å². The van der Waals surface area contributed by atoms with E-state index in [1.54, 1.807) is 15.9 Å². The second-order valence-corrected chi connectivity index (χ2v) is 12.2. The number of carboxylic acid groups (broad SMARTS) is 1. The molecule has 0 aromatic heterocycles. The van der Waals surface area contributed by atoms with Gasteiger partial charge in [0.05, 0.1) is 12.3 Å². The monoisotopic (exact) mass is 570 g/mol. The van der Waals surface area contributed by atoms with E-state index < -0.39 is 24.1 Å². The summed E-state index contributed by atoms with van der Waals surface area (Å²) in [6.07, 6.45) is -1.13. The van der Waals surface area contributed by atoms with Gasteiger partial charge < -0.3 is 29.1 Å². The maximum atomic E-state index is 14.1. The highest BCUT2D eigenvalue weighted by Crippen LogP contribution is 2.43. The van der Waals surface area contributed by atoms with E-state index in [0.29, 0.717) is 67.9 Å². The number of halogens is 1. The lowest BCUT2D eigenvalue weighted by atomic mass is 9.94. The van der Waals surface area contributed by atoms with Gasteiger partial charge >= 0.3 is 5.97 Å². The van der Waals surface area contributed by atoms with Crippen molar-refractivity contribution >= 4 is 35.1 Å². The average molecular weight is 571 g/mol. The van der Waals surface area contributed by atoms with Crippen LogP contribution in [0.4, 0.5) is 5.69 Å². The van der Waals surface area contributed by atoms with Crippen LogP contribution in [0.2, 0.25) is 5.02 Å². The number of ether oxygens (including phenoxy) is 3. The van der Waals surface area contributed by atoms with E-state index in [2.05, 4.69) is 0 Å². The molecule has 9 nitrogen and oxygen atoms in total. The van der Waals surface area contributed by atoms with E-state index in [4.69, 9.17) is 25.8 Å². The topological polar surface area (TPSA) is 106 Å². The van der Waals surface area contributed by atoms with Gasteiger partial charge in [0.2, 0.25) is 5.91 Å². The van der Waals surface area contributed by atoms with Gasteiger partial charge in [-0.25, -0.2) is 0 Å². The molecular weight excluding hydrogens is 536 g/mol. The highest BCUT2D eigenvalue weighted by atomic mass is 35.5. The van der Waals surface area contributed by atoms with E-state index in [-0.39, 0.29) is 23.7 Å². The van der Waals surface area contributed by atoms with Crippen molar-refractivity contribution in [3.63, 3.8) is 0 Å². The largest absolute Gasteiger partial charge is 0.486 e. The van der Waals surface area contributed by atoms with Crippen molar-refractivity contribution in [2.24, 2.45) is 11.3 Å². The van der Waals surface area contributed by atoms with Crippen molar-refractivity contribution in [2.75, 3.05) is 37.7 Å². The molecule has 3 aliphatic rings. The number of rotatable bonds is 5. The molecule has 0 radical (unpaired) electrons. The number of amides is 2. The first-order valence-corrected chi connectivity index (χ1v) is 14.0. The second-order valence-electron chi connectivity index (χ2n) is 11.8. The summed E-state index contributed by atoms with van der Waals surface area (Å²) in [4.78, 5) is 42.3.